The number of hydrogen-bond acceptors (Lipinski definition) is 4. The molecule has 4 heteroatoms. The predicted molar refractivity (Wildman–Crippen MR) is 74.4 cm³/mol. The summed E-state index contributed by atoms with van der Waals surface area (Å²) in [6.07, 6.45) is 0. The lowest BCUT2D eigenvalue weighted by Gasteiger charge is -2.21. The molecule has 0 amide bonds. The number of nitrogens with zero attached hydrogens (tertiary/aromatic N) is 2. The molecule has 1 aromatic carbocycles. The number of pyridine rings is 1. The average Bonchev–Trinajstić information content (AvgIpc) is 2.41. The molecule has 2 rings (SSSR count). The number of anilines is 3. The Morgan fingerprint density at radius 1 is 1.17 bits per heavy atom. The van der Waals surface area contributed by atoms with E-state index in [1.54, 1.807) is 7.11 Å². The number of rotatable bonds is 3. The van der Waals surface area contributed by atoms with Gasteiger partial charge in [-0.25, -0.2) is 4.98 Å². The molecule has 0 saturated heterocycles. The average molecular weight is 243 g/mol. The molecule has 0 fully saturated rings. The van der Waals surface area contributed by atoms with E-state index in [1.165, 1.54) is 0 Å². The number of nitrogens with two attached hydrogens (primary N) is 1. The van der Waals surface area contributed by atoms with Crippen LogP contribution in [0, 0.1) is 6.92 Å². The number of aromatic nitrogens is 1. The Labute approximate surface area is 107 Å². The monoisotopic (exact) mass is 243 g/mol. The zero-order valence-electron chi connectivity index (χ0n) is 10.8. The molecule has 4 nitrogen and oxygen atoms in total. The zero-order chi connectivity index (χ0) is 13.1. The van der Waals surface area contributed by atoms with Crippen molar-refractivity contribution in [3.63, 3.8) is 0 Å². The summed E-state index contributed by atoms with van der Waals surface area (Å²) in [6, 6.07) is 11.6. The van der Waals surface area contributed by atoms with Crippen LogP contribution in [0.5, 0.6) is 5.75 Å². The van der Waals surface area contributed by atoms with Gasteiger partial charge < -0.3 is 15.4 Å². The normalized spacial score (nSPS) is 10.2. The van der Waals surface area contributed by atoms with Crippen molar-refractivity contribution in [2.24, 2.45) is 0 Å². The van der Waals surface area contributed by atoms with Gasteiger partial charge in [0.15, 0.2) is 0 Å². The van der Waals surface area contributed by atoms with E-state index in [-0.39, 0.29) is 0 Å². The van der Waals surface area contributed by atoms with Crippen molar-refractivity contribution in [2.75, 3.05) is 24.8 Å². The topological polar surface area (TPSA) is 51.4 Å². The van der Waals surface area contributed by atoms with Gasteiger partial charge in [0.1, 0.15) is 11.6 Å². The summed E-state index contributed by atoms with van der Waals surface area (Å²) in [5.41, 5.74) is 8.28. The number of nitrogen functional groups attached to an aromatic ring is 1. The van der Waals surface area contributed by atoms with Crippen molar-refractivity contribution in [3.05, 3.63) is 42.1 Å². The second-order valence-corrected chi connectivity index (χ2v) is 4.07. The Bertz CT molecular complexity index is 554. The summed E-state index contributed by atoms with van der Waals surface area (Å²) < 4.78 is 5.35. The molecule has 1 heterocycles. The van der Waals surface area contributed by atoms with Gasteiger partial charge in [0.2, 0.25) is 0 Å². The van der Waals surface area contributed by atoms with Gasteiger partial charge in [-0.05, 0) is 31.2 Å². The third-order valence-electron chi connectivity index (χ3n) is 2.90. The third-order valence-corrected chi connectivity index (χ3v) is 2.90. The van der Waals surface area contributed by atoms with E-state index in [0.29, 0.717) is 5.69 Å². The number of ether oxygens (including phenoxy) is 1. The number of benzene rings is 1. The first kappa shape index (κ1) is 12.2. The standard InChI is InChI=1S/C14H17N3O/c1-10-11(15)8-9-14(16-10)17(2)12-6-4-5-7-13(12)18-3/h4-9H,15H2,1-3H3. The number of aryl methyl sites for hydroxylation is 1. The van der Waals surface area contributed by atoms with E-state index >= 15 is 0 Å². The smallest absolute Gasteiger partial charge is 0.142 e. The minimum atomic E-state index is 0.701. The summed E-state index contributed by atoms with van der Waals surface area (Å²) in [5, 5.41) is 0. The molecule has 0 spiro atoms. The lowest BCUT2D eigenvalue weighted by atomic mass is 10.2. The summed E-state index contributed by atoms with van der Waals surface area (Å²) in [7, 11) is 3.62. The van der Waals surface area contributed by atoms with Crippen LogP contribution in [0.25, 0.3) is 0 Å². The van der Waals surface area contributed by atoms with E-state index < -0.39 is 0 Å². The van der Waals surface area contributed by atoms with Crippen LogP contribution in [0.15, 0.2) is 36.4 Å². The van der Waals surface area contributed by atoms with Crippen LogP contribution in [0.4, 0.5) is 17.2 Å². The fourth-order valence-electron chi connectivity index (χ4n) is 1.78. The first-order valence-corrected chi connectivity index (χ1v) is 5.73. The fourth-order valence-corrected chi connectivity index (χ4v) is 1.78. The van der Waals surface area contributed by atoms with E-state index in [4.69, 9.17) is 10.5 Å². The van der Waals surface area contributed by atoms with Crippen molar-refractivity contribution in [2.45, 2.75) is 6.92 Å². The highest BCUT2D eigenvalue weighted by molar-refractivity contribution is 5.67. The highest BCUT2D eigenvalue weighted by atomic mass is 16.5. The molecule has 0 aliphatic heterocycles. The number of para-hydroxylation sites is 2. The van der Waals surface area contributed by atoms with Crippen molar-refractivity contribution in [1.82, 2.24) is 4.98 Å². The van der Waals surface area contributed by atoms with Crippen LogP contribution in [0.2, 0.25) is 0 Å². The Balaban J connectivity index is 2.41. The summed E-state index contributed by atoms with van der Waals surface area (Å²) in [4.78, 5) is 6.45. The maximum atomic E-state index is 5.78. The van der Waals surface area contributed by atoms with Crippen molar-refractivity contribution in [3.8, 4) is 5.75 Å². The van der Waals surface area contributed by atoms with Crippen molar-refractivity contribution >= 4 is 17.2 Å². The van der Waals surface area contributed by atoms with Crippen molar-refractivity contribution < 1.29 is 4.74 Å². The third kappa shape index (κ3) is 2.22. The molecular formula is C14H17N3O. The Hall–Kier alpha value is -2.23. The zero-order valence-corrected chi connectivity index (χ0v) is 10.8. The second-order valence-electron chi connectivity index (χ2n) is 4.07. The second kappa shape index (κ2) is 4.96. The van der Waals surface area contributed by atoms with Crippen LogP contribution >= 0.6 is 0 Å². The first-order chi connectivity index (χ1) is 8.63. The molecule has 18 heavy (non-hydrogen) atoms. The van der Waals surface area contributed by atoms with Gasteiger partial charge in [-0.2, -0.15) is 0 Å². The molecule has 0 aliphatic carbocycles. The van der Waals surface area contributed by atoms with Crippen LogP contribution in [-0.4, -0.2) is 19.1 Å². The van der Waals surface area contributed by atoms with Gasteiger partial charge in [-0.1, -0.05) is 12.1 Å². The summed E-state index contributed by atoms with van der Waals surface area (Å²) in [6.45, 7) is 1.90. The highest BCUT2D eigenvalue weighted by Gasteiger charge is 2.10. The molecule has 2 aromatic rings. The molecule has 2 N–H and O–H groups in total. The lowest BCUT2D eigenvalue weighted by molar-refractivity contribution is 0.415. The van der Waals surface area contributed by atoms with Crippen LogP contribution in [-0.2, 0) is 0 Å². The van der Waals surface area contributed by atoms with Gasteiger partial charge in [-0.3, -0.25) is 0 Å². The molecule has 0 saturated carbocycles. The minimum Gasteiger partial charge on any atom is -0.495 e. The predicted octanol–water partition coefficient (Wildman–Crippen LogP) is 2.75. The molecule has 0 radical (unpaired) electrons. The van der Waals surface area contributed by atoms with Gasteiger partial charge in [-0.15, -0.1) is 0 Å². The van der Waals surface area contributed by atoms with Crippen molar-refractivity contribution in [1.29, 1.82) is 0 Å². The minimum absolute atomic E-state index is 0.701. The summed E-state index contributed by atoms with van der Waals surface area (Å²) >= 11 is 0. The summed E-state index contributed by atoms with van der Waals surface area (Å²) in [5.74, 6) is 1.66. The van der Waals surface area contributed by atoms with E-state index in [2.05, 4.69) is 4.98 Å². The van der Waals surface area contributed by atoms with Gasteiger partial charge in [0.05, 0.1) is 24.2 Å². The Kier molecular flexibility index (Phi) is 3.37. The molecule has 1 aromatic heterocycles. The van der Waals surface area contributed by atoms with E-state index in [1.807, 2.05) is 55.3 Å². The lowest BCUT2D eigenvalue weighted by Crippen LogP contribution is -2.13. The van der Waals surface area contributed by atoms with Gasteiger partial charge >= 0.3 is 0 Å². The first-order valence-electron chi connectivity index (χ1n) is 5.73. The largest absolute Gasteiger partial charge is 0.495 e. The fraction of sp³-hybridized carbons (Fsp3) is 0.214. The van der Waals surface area contributed by atoms with Gasteiger partial charge in [0, 0.05) is 7.05 Å². The maximum absolute atomic E-state index is 5.78. The molecule has 0 bridgehead atoms. The molecule has 0 unspecified atom stereocenters. The SMILES string of the molecule is COc1ccccc1N(C)c1ccc(N)c(C)n1. The van der Waals surface area contributed by atoms with Gasteiger partial charge in [0.25, 0.3) is 0 Å². The Morgan fingerprint density at radius 2 is 1.89 bits per heavy atom. The van der Waals surface area contributed by atoms with Crippen LogP contribution in [0.1, 0.15) is 5.69 Å². The Morgan fingerprint density at radius 3 is 2.56 bits per heavy atom. The van der Waals surface area contributed by atoms with E-state index in [0.717, 1.165) is 22.9 Å². The van der Waals surface area contributed by atoms with Crippen LogP contribution in [0.3, 0.4) is 0 Å². The van der Waals surface area contributed by atoms with Crippen LogP contribution < -0.4 is 15.4 Å². The molecule has 0 atom stereocenters. The quantitative estimate of drug-likeness (QED) is 0.900. The number of methoxy groups -OCH3 is 1. The highest BCUT2D eigenvalue weighted by Crippen LogP contribution is 2.31. The number of hydrogen-bond donors (Lipinski definition) is 1. The van der Waals surface area contributed by atoms with E-state index in [9.17, 15) is 0 Å². The molecule has 94 valence electrons. The molecular weight excluding hydrogens is 226 g/mol. The maximum Gasteiger partial charge on any atom is 0.142 e. The molecule has 0 aliphatic rings.